The first-order valence-electron chi connectivity index (χ1n) is 5.42. The number of carbonyl (C=O) groups excluding carboxylic acids is 1. The standard InChI is InChI=1S/C11H11F3N2O2S/c12-11(13,14)19-16-5-7(6-18-16)8-3-1-2-4-9(8)10(15)17/h1-4,7H,5-6H2,(H2,15,17)/t7-/m0/s1. The highest BCUT2D eigenvalue weighted by Gasteiger charge is 2.38. The van der Waals surface area contributed by atoms with E-state index in [4.69, 9.17) is 10.6 Å². The molecular formula is C11H11F3N2O2S. The van der Waals surface area contributed by atoms with Crippen LogP contribution >= 0.6 is 11.9 Å². The second-order valence-corrected chi connectivity index (χ2v) is 5.05. The van der Waals surface area contributed by atoms with Gasteiger partial charge >= 0.3 is 5.51 Å². The Balaban J connectivity index is 2.11. The summed E-state index contributed by atoms with van der Waals surface area (Å²) in [6.07, 6.45) is 0. The van der Waals surface area contributed by atoms with Crippen LogP contribution in [0.15, 0.2) is 24.3 Å². The second-order valence-electron chi connectivity index (χ2n) is 4.00. The Hall–Kier alpha value is -1.25. The number of hydrogen-bond donors (Lipinski definition) is 1. The average molecular weight is 292 g/mol. The van der Waals surface area contributed by atoms with E-state index in [9.17, 15) is 18.0 Å². The molecule has 0 saturated carbocycles. The zero-order valence-corrected chi connectivity index (χ0v) is 10.5. The number of nitrogens with two attached hydrogens (primary N) is 1. The van der Waals surface area contributed by atoms with Crippen molar-refractivity contribution in [3.05, 3.63) is 35.4 Å². The second kappa shape index (κ2) is 5.40. The molecule has 1 aliphatic rings. The van der Waals surface area contributed by atoms with Crippen LogP contribution < -0.4 is 5.73 Å². The third-order valence-corrected chi connectivity index (χ3v) is 3.33. The number of benzene rings is 1. The molecule has 1 aromatic carbocycles. The van der Waals surface area contributed by atoms with Gasteiger partial charge in [0, 0.05) is 18.0 Å². The monoisotopic (exact) mass is 292 g/mol. The molecule has 2 rings (SSSR count). The first-order chi connectivity index (χ1) is 8.87. The molecule has 0 bridgehead atoms. The van der Waals surface area contributed by atoms with E-state index in [0.29, 0.717) is 11.1 Å². The lowest BCUT2D eigenvalue weighted by atomic mass is 9.95. The number of halogens is 3. The Morgan fingerprint density at radius 1 is 1.42 bits per heavy atom. The number of amides is 1. The Morgan fingerprint density at radius 2 is 2.11 bits per heavy atom. The molecule has 104 valence electrons. The van der Waals surface area contributed by atoms with Crippen molar-refractivity contribution in [1.29, 1.82) is 0 Å². The number of alkyl halides is 3. The minimum atomic E-state index is -4.39. The molecule has 0 aromatic heterocycles. The van der Waals surface area contributed by atoms with Crippen LogP contribution in [0.4, 0.5) is 13.2 Å². The fourth-order valence-corrected chi connectivity index (χ4v) is 2.50. The maximum absolute atomic E-state index is 12.2. The van der Waals surface area contributed by atoms with Crippen molar-refractivity contribution in [3.8, 4) is 0 Å². The maximum Gasteiger partial charge on any atom is 0.458 e. The quantitative estimate of drug-likeness (QED) is 0.868. The van der Waals surface area contributed by atoms with Crippen molar-refractivity contribution in [1.82, 2.24) is 4.47 Å². The molecule has 0 radical (unpaired) electrons. The van der Waals surface area contributed by atoms with Crippen LogP contribution in [-0.2, 0) is 4.84 Å². The van der Waals surface area contributed by atoms with Crippen molar-refractivity contribution in [2.24, 2.45) is 5.73 Å². The van der Waals surface area contributed by atoms with Gasteiger partial charge in [-0.25, -0.2) is 0 Å². The van der Waals surface area contributed by atoms with Crippen LogP contribution in [0.2, 0.25) is 0 Å². The summed E-state index contributed by atoms with van der Waals surface area (Å²) in [5, 5.41) is 0. The average Bonchev–Trinajstić information content (AvgIpc) is 2.75. The molecule has 0 spiro atoms. The molecule has 19 heavy (non-hydrogen) atoms. The molecule has 1 heterocycles. The third kappa shape index (κ3) is 3.62. The number of primary amides is 1. The summed E-state index contributed by atoms with van der Waals surface area (Å²) in [4.78, 5) is 16.2. The zero-order valence-electron chi connectivity index (χ0n) is 9.68. The maximum atomic E-state index is 12.2. The predicted octanol–water partition coefficient (Wildman–Crippen LogP) is 2.28. The Kier molecular flexibility index (Phi) is 4.02. The van der Waals surface area contributed by atoms with Crippen LogP contribution in [0.1, 0.15) is 21.8 Å². The van der Waals surface area contributed by atoms with Crippen molar-refractivity contribution in [2.45, 2.75) is 11.4 Å². The molecule has 1 fully saturated rings. The molecule has 1 amide bonds. The van der Waals surface area contributed by atoms with Crippen LogP contribution in [0.5, 0.6) is 0 Å². The van der Waals surface area contributed by atoms with Crippen molar-refractivity contribution < 1.29 is 22.8 Å². The summed E-state index contributed by atoms with van der Waals surface area (Å²) >= 11 is -0.328. The van der Waals surface area contributed by atoms with E-state index in [1.54, 1.807) is 24.3 Å². The van der Waals surface area contributed by atoms with E-state index >= 15 is 0 Å². The number of nitrogens with zero attached hydrogens (tertiary/aromatic N) is 1. The molecule has 1 atom stereocenters. The van der Waals surface area contributed by atoms with E-state index in [2.05, 4.69) is 0 Å². The van der Waals surface area contributed by atoms with Gasteiger partial charge < -0.3 is 5.73 Å². The van der Waals surface area contributed by atoms with Crippen molar-refractivity contribution in [2.75, 3.05) is 13.2 Å². The van der Waals surface area contributed by atoms with Crippen LogP contribution in [0, 0.1) is 0 Å². The highest BCUT2D eigenvalue weighted by Crippen LogP contribution is 2.38. The molecular weight excluding hydrogens is 281 g/mol. The van der Waals surface area contributed by atoms with E-state index in [1.165, 1.54) is 0 Å². The Labute approximate surface area is 111 Å². The summed E-state index contributed by atoms with van der Waals surface area (Å²) < 4.78 is 37.4. The smallest absolute Gasteiger partial charge is 0.366 e. The summed E-state index contributed by atoms with van der Waals surface area (Å²) in [5.41, 5.74) is 1.78. The lowest BCUT2D eigenvalue weighted by Gasteiger charge is -2.15. The van der Waals surface area contributed by atoms with Gasteiger partial charge in [-0.2, -0.15) is 13.2 Å². The molecule has 0 aliphatic carbocycles. The van der Waals surface area contributed by atoms with Crippen molar-refractivity contribution >= 4 is 17.9 Å². The molecule has 1 aliphatic heterocycles. The van der Waals surface area contributed by atoms with Gasteiger partial charge in [0.15, 0.2) is 0 Å². The topological polar surface area (TPSA) is 55.6 Å². The summed E-state index contributed by atoms with van der Waals surface area (Å²) in [7, 11) is 0. The lowest BCUT2D eigenvalue weighted by molar-refractivity contribution is -0.0640. The first kappa shape index (κ1) is 14.2. The van der Waals surface area contributed by atoms with Crippen molar-refractivity contribution in [3.63, 3.8) is 0 Å². The highest BCUT2D eigenvalue weighted by atomic mass is 32.2. The molecule has 8 heteroatoms. The van der Waals surface area contributed by atoms with Gasteiger partial charge in [-0.05, 0) is 11.6 Å². The first-order valence-corrected chi connectivity index (χ1v) is 6.19. The largest absolute Gasteiger partial charge is 0.458 e. The Morgan fingerprint density at radius 3 is 2.74 bits per heavy atom. The highest BCUT2D eigenvalue weighted by molar-refractivity contribution is 7.97. The molecule has 2 N–H and O–H groups in total. The summed E-state index contributed by atoms with van der Waals surface area (Å²) in [6.45, 7) is 0.141. The molecule has 0 unspecified atom stereocenters. The molecule has 1 saturated heterocycles. The minimum absolute atomic E-state index is 0.0501. The number of hydrogen-bond acceptors (Lipinski definition) is 4. The SMILES string of the molecule is NC(=O)c1ccccc1[C@@H]1CON(SC(F)(F)F)C1. The molecule has 1 aromatic rings. The van der Waals surface area contributed by atoms with Gasteiger partial charge in [0.1, 0.15) is 0 Å². The van der Waals surface area contributed by atoms with Gasteiger partial charge in [0.25, 0.3) is 0 Å². The minimum Gasteiger partial charge on any atom is -0.366 e. The normalized spacial score (nSPS) is 20.7. The number of rotatable bonds is 3. The van der Waals surface area contributed by atoms with Gasteiger partial charge in [-0.3, -0.25) is 9.63 Å². The van der Waals surface area contributed by atoms with Gasteiger partial charge in [-0.15, -0.1) is 4.47 Å². The predicted molar refractivity (Wildman–Crippen MR) is 64.0 cm³/mol. The lowest BCUT2D eigenvalue weighted by Crippen LogP contribution is -2.19. The third-order valence-electron chi connectivity index (χ3n) is 2.66. The number of carbonyl (C=O) groups is 1. The van der Waals surface area contributed by atoms with E-state index < -0.39 is 11.4 Å². The zero-order chi connectivity index (χ0) is 14.0. The number of hydroxylamine groups is 1. The summed E-state index contributed by atoms with van der Waals surface area (Å²) in [6, 6.07) is 6.59. The fourth-order valence-electron chi connectivity index (χ4n) is 1.90. The van der Waals surface area contributed by atoms with Crippen LogP contribution in [-0.4, -0.2) is 29.0 Å². The van der Waals surface area contributed by atoms with Gasteiger partial charge in [0.2, 0.25) is 5.91 Å². The van der Waals surface area contributed by atoms with E-state index in [1.807, 2.05) is 0 Å². The van der Waals surface area contributed by atoms with Gasteiger partial charge in [-0.1, -0.05) is 18.2 Å². The summed E-state index contributed by atoms with van der Waals surface area (Å²) in [5.74, 6) is -0.906. The molecule has 4 nitrogen and oxygen atoms in total. The van der Waals surface area contributed by atoms with E-state index in [0.717, 1.165) is 4.47 Å². The van der Waals surface area contributed by atoms with Crippen LogP contribution in [0.3, 0.4) is 0 Å². The van der Waals surface area contributed by atoms with E-state index in [-0.39, 0.29) is 31.0 Å². The van der Waals surface area contributed by atoms with Gasteiger partial charge in [0.05, 0.1) is 18.6 Å². The Bertz CT molecular complexity index is 481. The fraction of sp³-hybridized carbons (Fsp3) is 0.364. The van der Waals surface area contributed by atoms with Crippen LogP contribution in [0.25, 0.3) is 0 Å².